The quantitative estimate of drug-likeness (QED) is 0.383. The Labute approximate surface area is 126 Å². The standard InChI is InChI=1S/C10H9NO.Rb/c1-11-7-3-5-8-4-2-6-9(12)10(8)11;/h2-7,12H,1H2;/q;+1/p-1. The van der Waals surface area contributed by atoms with Crippen LogP contribution in [0.1, 0.15) is 0 Å². The van der Waals surface area contributed by atoms with E-state index in [-0.39, 0.29) is 63.9 Å². The number of aromatic nitrogens is 1. The van der Waals surface area contributed by atoms with E-state index in [9.17, 15) is 5.11 Å². The molecule has 0 unspecified atom stereocenters. The Kier molecular flexibility index (Phi) is 3.92. The van der Waals surface area contributed by atoms with Crippen LogP contribution < -0.4 is 67.9 Å². The van der Waals surface area contributed by atoms with Crippen molar-refractivity contribution in [2.24, 2.45) is 0 Å². The van der Waals surface area contributed by atoms with E-state index in [4.69, 9.17) is 0 Å². The third kappa shape index (κ3) is 2.13. The van der Waals surface area contributed by atoms with Crippen LogP contribution in [0.3, 0.4) is 0 Å². The van der Waals surface area contributed by atoms with Gasteiger partial charge in [-0.2, -0.15) is 0 Å². The van der Waals surface area contributed by atoms with Gasteiger partial charge >= 0.3 is 58.2 Å². The van der Waals surface area contributed by atoms with E-state index in [1.54, 1.807) is 22.9 Å². The molecule has 0 aliphatic rings. The first-order valence-corrected chi connectivity index (χ1v) is 3.70. The fourth-order valence-electron chi connectivity index (χ4n) is 1.31. The van der Waals surface area contributed by atoms with Crippen LogP contribution in [0.4, 0.5) is 0 Å². The summed E-state index contributed by atoms with van der Waals surface area (Å²) >= 11 is 0. The summed E-state index contributed by atoms with van der Waals surface area (Å²) < 4.78 is 1.59. The second-order valence-electron chi connectivity index (χ2n) is 2.67. The number of pyridine rings is 1. The molecular weight excluding hydrogens is 236 g/mol. The number of para-hydroxylation sites is 1. The summed E-state index contributed by atoms with van der Waals surface area (Å²) in [5.74, 6) is 0.0168. The zero-order valence-electron chi connectivity index (χ0n) is 7.53. The second kappa shape index (κ2) is 4.55. The molecule has 0 spiro atoms. The van der Waals surface area contributed by atoms with Crippen LogP contribution in [0.2, 0.25) is 0 Å². The van der Waals surface area contributed by atoms with Crippen LogP contribution in [0.25, 0.3) is 10.9 Å². The van der Waals surface area contributed by atoms with E-state index in [1.165, 1.54) is 0 Å². The van der Waals surface area contributed by atoms with Gasteiger partial charge in [0.1, 0.15) is 5.52 Å². The van der Waals surface area contributed by atoms with Crippen molar-refractivity contribution >= 4 is 10.9 Å². The zero-order valence-corrected chi connectivity index (χ0v) is 12.4. The van der Waals surface area contributed by atoms with E-state index in [2.05, 4.69) is 7.05 Å². The van der Waals surface area contributed by atoms with Gasteiger partial charge in [0, 0.05) is 7.05 Å². The predicted octanol–water partition coefficient (Wildman–Crippen LogP) is -2.16. The number of hydrogen-bond donors (Lipinski definition) is 0. The van der Waals surface area contributed by atoms with Gasteiger partial charge in [0.2, 0.25) is 0 Å². The summed E-state index contributed by atoms with van der Waals surface area (Å²) in [6.45, 7) is 0. The third-order valence-corrected chi connectivity index (χ3v) is 1.86. The average molecular weight is 244 g/mol. The molecule has 60 valence electrons. The Morgan fingerprint density at radius 2 is 1.85 bits per heavy atom. The number of hydrogen-bond acceptors (Lipinski definition) is 1. The first-order chi connectivity index (χ1) is 5.79. The number of fused-ring (bicyclic) bond motifs is 1. The molecule has 0 fully saturated rings. The van der Waals surface area contributed by atoms with Crippen LogP contribution in [0.15, 0.2) is 36.5 Å². The smallest absolute Gasteiger partial charge is 0.877 e. The van der Waals surface area contributed by atoms with Crippen molar-refractivity contribution in [2.75, 3.05) is 0 Å². The first-order valence-electron chi connectivity index (χ1n) is 3.70. The molecule has 2 nitrogen and oxygen atoms in total. The normalized spacial score (nSPS) is 9.54. The molecule has 1 heterocycles. The number of nitrogens with zero attached hydrogens (tertiary/aromatic N) is 1. The number of rotatable bonds is 0. The van der Waals surface area contributed by atoms with E-state index in [0.717, 1.165) is 5.39 Å². The first kappa shape index (κ1) is 11.2. The Bertz CT molecular complexity index is 391. The van der Waals surface area contributed by atoms with Crippen LogP contribution in [-0.4, -0.2) is 0 Å². The molecule has 0 bridgehead atoms. The minimum absolute atomic E-state index is 0. The van der Waals surface area contributed by atoms with E-state index >= 15 is 0 Å². The molecule has 1 aromatic heterocycles. The van der Waals surface area contributed by atoms with Gasteiger partial charge in [0.05, 0.1) is 6.20 Å². The van der Waals surface area contributed by atoms with Crippen molar-refractivity contribution < 1.29 is 67.9 Å². The molecule has 0 N–H and O–H groups in total. The fourth-order valence-corrected chi connectivity index (χ4v) is 1.31. The van der Waals surface area contributed by atoms with E-state index < -0.39 is 0 Å². The van der Waals surface area contributed by atoms with Crippen molar-refractivity contribution in [1.82, 2.24) is 0 Å². The molecule has 0 amide bonds. The molecular formula is C10H8NORb. The topological polar surface area (TPSA) is 26.9 Å². The Balaban J connectivity index is 0.000000845. The van der Waals surface area contributed by atoms with Crippen molar-refractivity contribution in [3.8, 4) is 5.75 Å². The summed E-state index contributed by atoms with van der Waals surface area (Å²) in [6.07, 6.45) is 1.77. The van der Waals surface area contributed by atoms with Gasteiger partial charge in [-0.25, -0.2) is 0 Å². The maximum Gasteiger partial charge on any atom is 1.00 e. The van der Waals surface area contributed by atoms with Gasteiger partial charge in [0.25, 0.3) is 0 Å². The molecule has 0 saturated heterocycles. The maximum absolute atomic E-state index is 11.3. The van der Waals surface area contributed by atoms with Gasteiger partial charge < -0.3 is 9.67 Å². The molecule has 2 aromatic rings. The van der Waals surface area contributed by atoms with Crippen molar-refractivity contribution in [2.45, 2.75) is 0 Å². The SMILES string of the molecule is [CH2-][n+]1cccc2cccc([O-])c21.[Rb+]. The van der Waals surface area contributed by atoms with Gasteiger partial charge in [-0.3, -0.25) is 0 Å². The molecule has 2 rings (SSSR count). The van der Waals surface area contributed by atoms with Gasteiger partial charge in [-0.05, 0) is 5.39 Å². The minimum atomic E-state index is 0. The van der Waals surface area contributed by atoms with Crippen molar-refractivity contribution in [3.63, 3.8) is 0 Å². The monoisotopic (exact) mass is 243 g/mol. The Hall–Kier alpha value is 0.105. The average Bonchev–Trinajstić information content (AvgIpc) is 2.04. The molecule has 1 aromatic carbocycles. The van der Waals surface area contributed by atoms with Crippen LogP contribution in [-0.2, 0) is 0 Å². The van der Waals surface area contributed by atoms with E-state index in [0.29, 0.717) is 5.52 Å². The van der Waals surface area contributed by atoms with Gasteiger partial charge in [-0.1, -0.05) is 36.1 Å². The fraction of sp³-hybridized carbons (Fsp3) is 0. The summed E-state index contributed by atoms with van der Waals surface area (Å²) in [4.78, 5) is 0. The van der Waals surface area contributed by atoms with E-state index in [1.807, 2.05) is 18.2 Å². The third-order valence-electron chi connectivity index (χ3n) is 1.86. The van der Waals surface area contributed by atoms with Gasteiger partial charge in [0.15, 0.2) is 0 Å². The molecule has 0 aliphatic carbocycles. The molecule has 13 heavy (non-hydrogen) atoms. The van der Waals surface area contributed by atoms with Crippen molar-refractivity contribution in [1.29, 1.82) is 0 Å². The Morgan fingerprint density at radius 1 is 1.15 bits per heavy atom. The Morgan fingerprint density at radius 3 is 2.54 bits per heavy atom. The number of benzene rings is 1. The largest absolute Gasteiger partial charge is 1.00 e. The summed E-state index contributed by atoms with van der Waals surface area (Å²) in [6, 6.07) is 8.97. The molecule has 3 heteroatoms. The molecule has 0 radical (unpaired) electrons. The molecule has 0 atom stereocenters. The van der Waals surface area contributed by atoms with Gasteiger partial charge in [-0.15, -0.1) is 0 Å². The summed E-state index contributed by atoms with van der Waals surface area (Å²) in [7, 11) is 3.73. The maximum atomic E-state index is 11.3. The minimum Gasteiger partial charge on any atom is -0.877 e. The predicted molar refractivity (Wildman–Crippen MR) is 44.3 cm³/mol. The van der Waals surface area contributed by atoms with Crippen LogP contribution in [0.5, 0.6) is 5.75 Å². The summed E-state index contributed by atoms with van der Waals surface area (Å²) in [5.41, 5.74) is 0.653. The summed E-state index contributed by atoms with van der Waals surface area (Å²) in [5, 5.41) is 12.3. The second-order valence-corrected chi connectivity index (χ2v) is 2.67. The zero-order chi connectivity index (χ0) is 8.55. The van der Waals surface area contributed by atoms with Crippen LogP contribution in [0, 0.1) is 7.05 Å². The molecule has 0 saturated carbocycles. The van der Waals surface area contributed by atoms with Crippen LogP contribution >= 0.6 is 0 Å². The molecule has 0 aliphatic heterocycles. The van der Waals surface area contributed by atoms with Crippen molar-refractivity contribution in [3.05, 3.63) is 43.6 Å².